The maximum Gasteiger partial charge on any atom is 0.180 e. The van der Waals surface area contributed by atoms with Crippen LogP contribution in [0.3, 0.4) is 0 Å². The van der Waals surface area contributed by atoms with Gasteiger partial charge in [-0.2, -0.15) is 0 Å². The number of hydrogen-bond donors (Lipinski definition) is 0. The molecule has 0 unspecified atom stereocenters. The van der Waals surface area contributed by atoms with Crippen LogP contribution in [0, 0.1) is 23.7 Å². The van der Waals surface area contributed by atoms with Gasteiger partial charge in [-0.25, -0.2) is 0 Å². The molecule has 0 N–H and O–H groups in total. The van der Waals surface area contributed by atoms with Crippen LogP contribution in [-0.4, -0.2) is 12.7 Å². The summed E-state index contributed by atoms with van der Waals surface area (Å²) in [7, 11) is 0. The molecular formula is C19H16O. The summed E-state index contributed by atoms with van der Waals surface area (Å²) < 4.78 is 5.54. The molecule has 0 spiro atoms. The molecule has 0 aliphatic rings. The maximum atomic E-state index is 5.54. The summed E-state index contributed by atoms with van der Waals surface area (Å²) in [6, 6.07) is 19.7. The predicted octanol–water partition coefficient (Wildman–Crippen LogP) is 3.49. The Morgan fingerprint density at radius 1 is 0.800 bits per heavy atom. The first-order valence-electron chi connectivity index (χ1n) is 6.63. The first-order chi connectivity index (χ1) is 9.88. The quantitative estimate of drug-likeness (QED) is 0.751. The summed E-state index contributed by atoms with van der Waals surface area (Å²) >= 11 is 0. The second kappa shape index (κ2) is 7.85. The highest BCUT2D eigenvalue weighted by Gasteiger charge is 1.97. The van der Waals surface area contributed by atoms with Crippen LogP contribution in [0.1, 0.15) is 18.1 Å². The minimum atomic E-state index is -0.361. The van der Waals surface area contributed by atoms with Gasteiger partial charge in [0.15, 0.2) is 6.10 Å². The molecule has 0 heterocycles. The normalized spacial score (nSPS) is 9.30. The standard InChI is InChI=1S/C19H16O/c1-2-20-19(15-13-17-9-5-3-6-10-17)16-14-18-11-7-4-8-12-18/h3-12,19H,2H2,1H3. The highest BCUT2D eigenvalue weighted by Crippen LogP contribution is 1.98. The van der Waals surface area contributed by atoms with Crippen LogP contribution in [0.5, 0.6) is 0 Å². The molecule has 20 heavy (non-hydrogen) atoms. The van der Waals surface area contributed by atoms with Crippen molar-refractivity contribution in [3.63, 3.8) is 0 Å². The van der Waals surface area contributed by atoms with E-state index in [1.165, 1.54) is 0 Å². The van der Waals surface area contributed by atoms with Crippen molar-refractivity contribution in [2.24, 2.45) is 0 Å². The molecule has 0 fully saturated rings. The van der Waals surface area contributed by atoms with E-state index in [9.17, 15) is 0 Å². The smallest absolute Gasteiger partial charge is 0.180 e. The van der Waals surface area contributed by atoms with Crippen LogP contribution in [0.4, 0.5) is 0 Å². The fourth-order valence-electron chi connectivity index (χ4n) is 1.63. The second-order valence-electron chi connectivity index (χ2n) is 4.11. The molecule has 0 atom stereocenters. The average Bonchev–Trinajstić information content (AvgIpc) is 2.52. The average molecular weight is 260 g/mol. The van der Waals surface area contributed by atoms with Crippen LogP contribution < -0.4 is 0 Å². The van der Waals surface area contributed by atoms with E-state index in [1.807, 2.05) is 67.6 Å². The number of rotatable bonds is 2. The molecule has 0 amide bonds. The van der Waals surface area contributed by atoms with Gasteiger partial charge in [-0.3, -0.25) is 0 Å². The van der Waals surface area contributed by atoms with Crippen molar-refractivity contribution in [2.45, 2.75) is 13.0 Å². The van der Waals surface area contributed by atoms with Gasteiger partial charge in [0, 0.05) is 17.7 Å². The third-order valence-electron chi connectivity index (χ3n) is 2.58. The molecule has 1 nitrogen and oxygen atoms in total. The summed E-state index contributed by atoms with van der Waals surface area (Å²) in [5.41, 5.74) is 1.94. The van der Waals surface area contributed by atoms with Gasteiger partial charge < -0.3 is 4.74 Å². The Morgan fingerprint density at radius 3 is 1.65 bits per heavy atom. The number of benzene rings is 2. The lowest BCUT2D eigenvalue weighted by Gasteiger charge is -2.01. The van der Waals surface area contributed by atoms with E-state index in [1.54, 1.807) is 0 Å². The van der Waals surface area contributed by atoms with Gasteiger partial charge in [0.2, 0.25) is 0 Å². The third-order valence-corrected chi connectivity index (χ3v) is 2.58. The van der Waals surface area contributed by atoms with Gasteiger partial charge in [0.25, 0.3) is 0 Å². The van der Waals surface area contributed by atoms with Crippen molar-refractivity contribution in [1.82, 2.24) is 0 Å². The molecule has 2 aromatic carbocycles. The first kappa shape index (κ1) is 13.9. The predicted molar refractivity (Wildman–Crippen MR) is 82.1 cm³/mol. The van der Waals surface area contributed by atoms with Crippen molar-refractivity contribution in [2.75, 3.05) is 6.61 Å². The van der Waals surface area contributed by atoms with Crippen molar-refractivity contribution in [3.8, 4) is 23.7 Å². The van der Waals surface area contributed by atoms with Crippen molar-refractivity contribution in [3.05, 3.63) is 71.8 Å². The Kier molecular flexibility index (Phi) is 5.47. The van der Waals surface area contributed by atoms with Crippen molar-refractivity contribution >= 4 is 0 Å². The molecule has 0 saturated heterocycles. The van der Waals surface area contributed by atoms with Gasteiger partial charge >= 0.3 is 0 Å². The molecule has 1 heteroatoms. The summed E-state index contributed by atoms with van der Waals surface area (Å²) in [6.45, 7) is 2.54. The summed E-state index contributed by atoms with van der Waals surface area (Å²) in [4.78, 5) is 0. The zero-order valence-corrected chi connectivity index (χ0v) is 11.5. The zero-order chi connectivity index (χ0) is 14.0. The fraction of sp³-hybridized carbons (Fsp3) is 0.158. The topological polar surface area (TPSA) is 9.23 Å². The molecule has 0 radical (unpaired) electrons. The third kappa shape index (κ3) is 4.65. The minimum Gasteiger partial charge on any atom is -0.354 e. The molecule has 2 rings (SSSR count). The number of ether oxygens (including phenoxy) is 1. The van der Waals surface area contributed by atoms with E-state index in [0.717, 1.165) is 11.1 Å². The van der Waals surface area contributed by atoms with Gasteiger partial charge in [0.1, 0.15) is 0 Å². The Bertz CT molecular complexity index is 579. The molecule has 0 bridgehead atoms. The highest BCUT2D eigenvalue weighted by molar-refractivity contribution is 5.39. The largest absolute Gasteiger partial charge is 0.354 e. The molecule has 0 aliphatic carbocycles. The number of hydrogen-bond acceptors (Lipinski definition) is 1. The van der Waals surface area contributed by atoms with Crippen molar-refractivity contribution in [1.29, 1.82) is 0 Å². The van der Waals surface area contributed by atoms with Gasteiger partial charge in [-0.15, -0.1) is 0 Å². The van der Waals surface area contributed by atoms with E-state index in [2.05, 4.69) is 23.7 Å². The molecule has 0 aromatic heterocycles. The van der Waals surface area contributed by atoms with Gasteiger partial charge in [0.05, 0.1) is 0 Å². The van der Waals surface area contributed by atoms with E-state index < -0.39 is 0 Å². The van der Waals surface area contributed by atoms with Crippen LogP contribution in [0.25, 0.3) is 0 Å². The fourth-order valence-corrected chi connectivity index (χ4v) is 1.63. The van der Waals surface area contributed by atoms with E-state index in [-0.39, 0.29) is 6.10 Å². The second-order valence-corrected chi connectivity index (χ2v) is 4.11. The lowest BCUT2D eigenvalue weighted by Crippen LogP contribution is -2.07. The Morgan fingerprint density at radius 2 is 1.25 bits per heavy atom. The Hall–Kier alpha value is -2.48. The van der Waals surface area contributed by atoms with Crippen LogP contribution in [0.2, 0.25) is 0 Å². The molecule has 0 saturated carbocycles. The summed E-state index contributed by atoms with van der Waals surface area (Å²) in [6.07, 6.45) is -0.361. The zero-order valence-electron chi connectivity index (χ0n) is 11.5. The lowest BCUT2D eigenvalue weighted by atomic mass is 10.2. The van der Waals surface area contributed by atoms with Crippen LogP contribution >= 0.6 is 0 Å². The SMILES string of the molecule is CCOC(C#Cc1ccccc1)C#Cc1ccccc1. The Labute approximate surface area is 120 Å². The molecule has 2 aromatic rings. The molecular weight excluding hydrogens is 244 g/mol. The van der Waals surface area contributed by atoms with Crippen LogP contribution in [-0.2, 0) is 4.74 Å². The van der Waals surface area contributed by atoms with Crippen molar-refractivity contribution < 1.29 is 4.74 Å². The van der Waals surface area contributed by atoms with E-state index in [4.69, 9.17) is 4.74 Å². The molecule has 98 valence electrons. The molecule has 0 aliphatic heterocycles. The summed E-state index contributed by atoms with van der Waals surface area (Å²) in [5, 5.41) is 0. The monoisotopic (exact) mass is 260 g/mol. The maximum absolute atomic E-state index is 5.54. The Balaban J connectivity index is 2.13. The van der Waals surface area contributed by atoms with Gasteiger partial charge in [-0.1, -0.05) is 60.1 Å². The first-order valence-corrected chi connectivity index (χ1v) is 6.63. The summed E-state index contributed by atoms with van der Waals surface area (Å²) in [5.74, 6) is 12.3. The van der Waals surface area contributed by atoms with E-state index in [0.29, 0.717) is 6.61 Å². The highest BCUT2D eigenvalue weighted by atomic mass is 16.5. The van der Waals surface area contributed by atoms with Gasteiger partial charge in [-0.05, 0) is 31.2 Å². The minimum absolute atomic E-state index is 0.361. The lowest BCUT2D eigenvalue weighted by molar-refractivity contribution is 0.140. The van der Waals surface area contributed by atoms with Crippen LogP contribution in [0.15, 0.2) is 60.7 Å². The van der Waals surface area contributed by atoms with E-state index >= 15 is 0 Å².